The van der Waals surface area contributed by atoms with Crippen molar-refractivity contribution in [1.82, 2.24) is 4.90 Å². The van der Waals surface area contributed by atoms with Gasteiger partial charge in [-0.3, -0.25) is 4.79 Å². The Morgan fingerprint density at radius 3 is 1.86 bits per heavy atom. The average Bonchev–Trinajstić information content (AvgIpc) is 3.17. The monoisotopic (exact) mass is 494 g/mol. The molecule has 6 heteroatoms. The molecular weight excluding hydrogens is 460 g/mol. The van der Waals surface area contributed by atoms with Gasteiger partial charge in [-0.25, -0.2) is 0 Å². The molecule has 2 heterocycles. The van der Waals surface area contributed by atoms with Crippen LogP contribution in [0, 0.1) is 11.3 Å². The van der Waals surface area contributed by atoms with E-state index in [4.69, 9.17) is 4.74 Å². The topological polar surface area (TPSA) is 59.8 Å². The number of carbonyl (C=O) groups is 1. The lowest BCUT2D eigenvalue weighted by atomic mass is 9.74. The summed E-state index contributed by atoms with van der Waals surface area (Å²) >= 11 is 0. The lowest BCUT2D eigenvalue weighted by molar-refractivity contribution is 0.0671. The SMILES string of the molecule is CCN(CC)c1ccc2c(c1)Oc1cc(N(CC)CC)ccc1C21c2ccccc2C(=O)N1CCC#N. The van der Waals surface area contributed by atoms with Crippen LogP contribution in [0.15, 0.2) is 60.7 Å². The highest BCUT2D eigenvalue weighted by atomic mass is 16.5. The summed E-state index contributed by atoms with van der Waals surface area (Å²) in [4.78, 5) is 20.4. The van der Waals surface area contributed by atoms with E-state index in [1.165, 1.54) is 0 Å². The van der Waals surface area contributed by atoms with E-state index in [9.17, 15) is 10.1 Å². The van der Waals surface area contributed by atoms with Crippen molar-refractivity contribution in [1.29, 1.82) is 5.26 Å². The molecule has 190 valence electrons. The number of carbonyl (C=O) groups excluding carboxylic acids is 1. The fourth-order valence-electron chi connectivity index (χ4n) is 6.06. The smallest absolute Gasteiger partial charge is 0.255 e. The number of fused-ring (bicyclic) bond motifs is 6. The van der Waals surface area contributed by atoms with Gasteiger partial charge in [0.15, 0.2) is 0 Å². The summed E-state index contributed by atoms with van der Waals surface area (Å²) in [5, 5.41) is 9.49. The van der Waals surface area contributed by atoms with Crippen LogP contribution in [-0.2, 0) is 5.54 Å². The van der Waals surface area contributed by atoms with Gasteiger partial charge < -0.3 is 19.4 Å². The number of benzene rings is 3. The van der Waals surface area contributed by atoms with E-state index in [0.29, 0.717) is 12.1 Å². The highest BCUT2D eigenvalue weighted by molar-refractivity contribution is 6.02. The van der Waals surface area contributed by atoms with Gasteiger partial charge in [0.2, 0.25) is 0 Å². The van der Waals surface area contributed by atoms with Crippen molar-refractivity contribution in [3.8, 4) is 17.6 Å². The maximum absolute atomic E-state index is 13.9. The molecule has 6 nitrogen and oxygen atoms in total. The van der Waals surface area contributed by atoms with Crippen molar-refractivity contribution in [3.63, 3.8) is 0 Å². The molecule has 0 bridgehead atoms. The molecule has 0 N–H and O–H groups in total. The van der Waals surface area contributed by atoms with E-state index in [2.05, 4.69) is 86.0 Å². The van der Waals surface area contributed by atoms with Gasteiger partial charge in [-0.05, 0) is 51.5 Å². The minimum Gasteiger partial charge on any atom is -0.456 e. The predicted molar refractivity (Wildman–Crippen MR) is 148 cm³/mol. The molecule has 3 aromatic rings. The molecule has 1 spiro atoms. The average molecular weight is 495 g/mol. The summed E-state index contributed by atoms with van der Waals surface area (Å²) in [6, 6.07) is 22.8. The molecule has 0 saturated carbocycles. The van der Waals surface area contributed by atoms with Crippen molar-refractivity contribution >= 4 is 17.3 Å². The van der Waals surface area contributed by atoms with Crippen LogP contribution >= 0.6 is 0 Å². The lowest BCUT2D eigenvalue weighted by Crippen LogP contribution is -2.47. The molecule has 0 atom stereocenters. The van der Waals surface area contributed by atoms with Crippen LogP contribution in [0.25, 0.3) is 0 Å². The largest absolute Gasteiger partial charge is 0.456 e. The summed E-state index contributed by atoms with van der Waals surface area (Å²) in [7, 11) is 0. The summed E-state index contributed by atoms with van der Waals surface area (Å²) in [6.45, 7) is 12.5. The summed E-state index contributed by atoms with van der Waals surface area (Å²) < 4.78 is 6.67. The van der Waals surface area contributed by atoms with E-state index in [0.717, 1.165) is 65.7 Å². The third-order valence-electron chi connectivity index (χ3n) is 7.83. The number of hydrogen-bond acceptors (Lipinski definition) is 5. The minimum absolute atomic E-state index is 0.0507. The number of anilines is 2. The van der Waals surface area contributed by atoms with Gasteiger partial charge in [0.25, 0.3) is 5.91 Å². The van der Waals surface area contributed by atoms with Gasteiger partial charge in [0.05, 0.1) is 12.5 Å². The summed E-state index contributed by atoms with van der Waals surface area (Å²) in [6.07, 6.45) is 0.252. The molecule has 0 aliphatic carbocycles. The molecule has 1 amide bonds. The van der Waals surface area contributed by atoms with Crippen LogP contribution in [0.4, 0.5) is 11.4 Å². The molecule has 5 rings (SSSR count). The normalized spacial score (nSPS) is 14.5. The van der Waals surface area contributed by atoms with E-state index in [1.807, 2.05) is 23.1 Å². The highest BCUT2D eigenvalue weighted by Crippen LogP contribution is 2.58. The first kappa shape index (κ1) is 24.7. The molecular formula is C31H34N4O2. The second kappa shape index (κ2) is 9.82. The van der Waals surface area contributed by atoms with Crippen molar-refractivity contribution < 1.29 is 9.53 Å². The van der Waals surface area contributed by atoms with E-state index < -0.39 is 5.54 Å². The Kier molecular flexibility index (Phi) is 6.55. The Labute approximate surface area is 219 Å². The third kappa shape index (κ3) is 3.64. The van der Waals surface area contributed by atoms with Crippen molar-refractivity contribution in [3.05, 3.63) is 82.9 Å². The van der Waals surface area contributed by atoms with Gasteiger partial charge in [0, 0.05) is 72.9 Å². The molecule has 37 heavy (non-hydrogen) atoms. The molecule has 0 aromatic heterocycles. The Bertz CT molecular complexity index is 1310. The number of nitrogens with zero attached hydrogens (tertiary/aromatic N) is 4. The Balaban J connectivity index is 1.82. The molecule has 2 aliphatic heterocycles. The van der Waals surface area contributed by atoms with Crippen molar-refractivity contribution in [2.75, 3.05) is 42.5 Å². The molecule has 0 saturated heterocycles. The third-order valence-corrected chi connectivity index (χ3v) is 7.83. The fraction of sp³-hybridized carbons (Fsp3) is 0.355. The zero-order valence-electron chi connectivity index (χ0n) is 22.1. The van der Waals surface area contributed by atoms with Crippen LogP contribution in [0.2, 0.25) is 0 Å². The first-order valence-corrected chi connectivity index (χ1v) is 13.3. The zero-order chi connectivity index (χ0) is 26.2. The quantitative estimate of drug-likeness (QED) is 0.376. The Hall–Kier alpha value is -3.98. The maximum atomic E-state index is 13.9. The number of amides is 1. The number of rotatable bonds is 8. The lowest BCUT2D eigenvalue weighted by Gasteiger charge is -2.44. The predicted octanol–water partition coefficient (Wildman–Crippen LogP) is 6.15. The van der Waals surface area contributed by atoms with Gasteiger partial charge in [0.1, 0.15) is 17.0 Å². The van der Waals surface area contributed by atoms with E-state index >= 15 is 0 Å². The van der Waals surface area contributed by atoms with Gasteiger partial charge in [-0.15, -0.1) is 0 Å². The molecule has 2 aliphatic rings. The van der Waals surface area contributed by atoms with Gasteiger partial charge in [-0.1, -0.05) is 30.3 Å². The van der Waals surface area contributed by atoms with Crippen LogP contribution in [0.5, 0.6) is 11.5 Å². The second-order valence-corrected chi connectivity index (χ2v) is 9.43. The van der Waals surface area contributed by atoms with Gasteiger partial charge >= 0.3 is 0 Å². The maximum Gasteiger partial charge on any atom is 0.255 e. The highest BCUT2D eigenvalue weighted by Gasteiger charge is 2.56. The molecule has 3 aromatic carbocycles. The Morgan fingerprint density at radius 2 is 1.35 bits per heavy atom. The first-order chi connectivity index (χ1) is 18.0. The summed E-state index contributed by atoms with van der Waals surface area (Å²) in [5.74, 6) is 1.45. The minimum atomic E-state index is -0.864. The standard InChI is InChI=1S/C31H34N4O2/c1-5-33(6-2)22-14-16-26-28(20-22)37-29-21-23(34(7-3)8-4)15-17-27(29)31(26)25-13-10-9-12-24(25)30(36)35(31)19-11-18-32/h9-10,12-17,20-21H,5-8,11,19H2,1-4H3. The fourth-order valence-corrected chi connectivity index (χ4v) is 6.06. The molecule has 0 unspecified atom stereocenters. The second-order valence-electron chi connectivity index (χ2n) is 9.43. The summed E-state index contributed by atoms with van der Waals surface area (Å²) in [5.41, 5.74) is 4.80. The van der Waals surface area contributed by atoms with E-state index in [-0.39, 0.29) is 12.3 Å². The van der Waals surface area contributed by atoms with Crippen LogP contribution in [-0.4, -0.2) is 43.5 Å². The van der Waals surface area contributed by atoms with Gasteiger partial charge in [-0.2, -0.15) is 5.26 Å². The number of nitriles is 1. The van der Waals surface area contributed by atoms with Crippen LogP contribution in [0.3, 0.4) is 0 Å². The number of hydrogen-bond donors (Lipinski definition) is 0. The Morgan fingerprint density at radius 1 is 0.811 bits per heavy atom. The molecule has 0 fully saturated rings. The van der Waals surface area contributed by atoms with Crippen LogP contribution in [0.1, 0.15) is 61.2 Å². The van der Waals surface area contributed by atoms with Crippen molar-refractivity contribution in [2.45, 2.75) is 39.7 Å². The van der Waals surface area contributed by atoms with Crippen LogP contribution < -0.4 is 14.5 Å². The van der Waals surface area contributed by atoms with Crippen molar-refractivity contribution in [2.24, 2.45) is 0 Å². The molecule has 0 radical (unpaired) electrons. The van der Waals surface area contributed by atoms with E-state index in [1.54, 1.807) is 0 Å². The number of ether oxygens (including phenoxy) is 1. The zero-order valence-corrected chi connectivity index (χ0v) is 22.1. The first-order valence-electron chi connectivity index (χ1n) is 13.3.